The van der Waals surface area contributed by atoms with Gasteiger partial charge in [-0.25, -0.2) is 0 Å². The number of hydrogen-bond donors (Lipinski definition) is 0. The maximum Gasteiger partial charge on any atom is 0.0414 e. The van der Waals surface area contributed by atoms with Gasteiger partial charge in [0.15, 0.2) is 0 Å². The van der Waals surface area contributed by atoms with Crippen molar-refractivity contribution in [3.8, 4) is 11.1 Å². The first kappa shape index (κ1) is 12.2. The summed E-state index contributed by atoms with van der Waals surface area (Å²) in [5.41, 5.74) is 5.06. The van der Waals surface area contributed by atoms with E-state index in [2.05, 4.69) is 51.1 Å². The van der Waals surface area contributed by atoms with Crippen LogP contribution in [0.3, 0.4) is 0 Å². The number of aryl methyl sites for hydroxylation is 1. The lowest BCUT2D eigenvalue weighted by Crippen LogP contribution is -1.92. The molecule has 0 spiro atoms. The zero-order valence-corrected chi connectivity index (χ0v) is 11.3. The molecule has 2 aromatic carbocycles. The van der Waals surface area contributed by atoms with Gasteiger partial charge in [0.25, 0.3) is 0 Å². The van der Waals surface area contributed by atoms with Crippen LogP contribution >= 0.6 is 11.6 Å². The normalized spacial score (nSPS) is 10.9. The maximum atomic E-state index is 6.13. The predicted molar refractivity (Wildman–Crippen MR) is 75.7 cm³/mol. The molecule has 0 aromatic heterocycles. The molecule has 0 aliphatic heterocycles. The molecule has 0 aliphatic carbocycles. The third-order valence-corrected chi connectivity index (χ3v) is 3.15. The van der Waals surface area contributed by atoms with Gasteiger partial charge in [0.2, 0.25) is 0 Å². The van der Waals surface area contributed by atoms with Gasteiger partial charge in [-0.1, -0.05) is 55.8 Å². The van der Waals surface area contributed by atoms with Gasteiger partial charge in [0.1, 0.15) is 0 Å². The van der Waals surface area contributed by atoms with E-state index in [0.29, 0.717) is 5.92 Å². The highest BCUT2D eigenvalue weighted by atomic mass is 35.5. The fourth-order valence-electron chi connectivity index (χ4n) is 2.16. The molecule has 2 rings (SSSR count). The molecule has 0 radical (unpaired) electrons. The van der Waals surface area contributed by atoms with E-state index in [9.17, 15) is 0 Å². The molecule has 0 bridgehead atoms. The first-order chi connectivity index (χ1) is 8.08. The first-order valence-corrected chi connectivity index (χ1v) is 6.32. The van der Waals surface area contributed by atoms with E-state index in [1.807, 2.05) is 12.1 Å². The van der Waals surface area contributed by atoms with Gasteiger partial charge in [-0.3, -0.25) is 0 Å². The van der Waals surface area contributed by atoms with Gasteiger partial charge in [-0.15, -0.1) is 0 Å². The fraction of sp³-hybridized carbons (Fsp3) is 0.250. The van der Waals surface area contributed by atoms with Crippen LogP contribution in [0.15, 0.2) is 42.5 Å². The zero-order chi connectivity index (χ0) is 12.4. The van der Waals surface area contributed by atoms with Crippen LogP contribution in [0, 0.1) is 6.92 Å². The Morgan fingerprint density at radius 2 is 1.71 bits per heavy atom. The van der Waals surface area contributed by atoms with Gasteiger partial charge in [-0.05, 0) is 47.2 Å². The van der Waals surface area contributed by atoms with Crippen LogP contribution in [0.2, 0.25) is 5.02 Å². The van der Waals surface area contributed by atoms with Gasteiger partial charge in [0.05, 0.1) is 0 Å². The van der Waals surface area contributed by atoms with Crippen molar-refractivity contribution in [3.63, 3.8) is 0 Å². The van der Waals surface area contributed by atoms with Crippen LogP contribution in [0.25, 0.3) is 11.1 Å². The van der Waals surface area contributed by atoms with E-state index >= 15 is 0 Å². The Morgan fingerprint density at radius 3 is 2.35 bits per heavy atom. The van der Waals surface area contributed by atoms with Gasteiger partial charge < -0.3 is 0 Å². The van der Waals surface area contributed by atoms with Crippen LogP contribution in [0.4, 0.5) is 0 Å². The van der Waals surface area contributed by atoms with E-state index in [4.69, 9.17) is 11.6 Å². The Labute approximate surface area is 108 Å². The highest BCUT2D eigenvalue weighted by Crippen LogP contribution is 2.31. The van der Waals surface area contributed by atoms with Crippen LogP contribution in [-0.2, 0) is 0 Å². The summed E-state index contributed by atoms with van der Waals surface area (Å²) in [5.74, 6) is 0.519. The van der Waals surface area contributed by atoms with Crippen molar-refractivity contribution in [2.24, 2.45) is 0 Å². The average molecular weight is 245 g/mol. The second-order valence-electron chi connectivity index (χ2n) is 4.76. The Hall–Kier alpha value is -1.27. The molecule has 17 heavy (non-hydrogen) atoms. The van der Waals surface area contributed by atoms with E-state index in [1.54, 1.807) is 0 Å². The number of rotatable bonds is 2. The van der Waals surface area contributed by atoms with E-state index in [1.165, 1.54) is 22.3 Å². The van der Waals surface area contributed by atoms with Crippen molar-refractivity contribution in [1.82, 2.24) is 0 Å². The number of benzene rings is 2. The third kappa shape index (κ3) is 2.70. The largest absolute Gasteiger partial charge is 0.0843 e. The molecule has 0 N–H and O–H groups in total. The van der Waals surface area contributed by atoms with Gasteiger partial charge >= 0.3 is 0 Å². The van der Waals surface area contributed by atoms with Gasteiger partial charge in [-0.2, -0.15) is 0 Å². The molecule has 0 nitrogen and oxygen atoms in total. The molecule has 88 valence electrons. The minimum atomic E-state index is 0.519. The summed E-state index contributed by atoms with van der Waals surface area (Å²) in [7, 11) is 0. The SMILES string of the molecule is Cc1cc(Cl)cc(-c2ccccc2C(C)C)c1. The molecular formula is C16H17Cl. The predicted octanol–water partition coefficient (Wildman–Crippen LogP) is 5.44. The van der Waals surface area contributed by atoms with E-state index in [-0.39, 0.29) is 0 Å². The van der Waals surface area contributed by atoms with Crippen LogP contribution in [0.5, 0.6) is 0 Å². The lowest BCUT2D eigenvalue weighted by Gasteiger charge is -2.13. The molecular weight excluding hydrogens is 228 g/mol. The summed E-state index contributed by atoms with van der Waals surface area (Å²) in [6.45, 7) is 6.51. The monoisotopic (exact) mass is 244 g/mol. The lowest BCUT2D eigenvalue weighted by atomic mass is 9.92. The summed E-state index contributed by atoms with van der Waals surface area (Å²) in [5, 5.41) is 0.804. The van der Waals surface area contributed by atoms with Crippen LogP contribution in [-0.4, -0.2) is 0 Å². The smallest absolute Gasteiger partial charge is 0.0414 e. The third-order valence-electron chi connectivity index (χ3n) is 2.94. The summed E-state index contributed by atoms with van der Waals surface area (Å²) in [6, 6.07) is 14.7. The molecule has 0 aliphatic rings. The molecule has 2 aromatic rings. The maximum absolute atomic E-state index is 6.13. The second-order valence-corrected chi connectivity index (χ2v) is 5.20. The Morgan fingerprint density at radius 1 is 1.00 bits per heavy atom. The standard InChI is InChI=1S/C16H17Cl/c1-11(2)15-6-4-5-7-16(15)13-8-12(3)9-14(17)10-13/h4-11H,1-3H3. The summed E-state index contributed by atoms with van der Waals surface area (Å²) in [6.07, 6.45) is 0. The Balaban J connectivity index is 2.60. The van der Waals surface area contributed by atoms with Crippen molar-refractivity contribution in [2.45, 2.75) is 26.7 Å². The molecule has 0 saturated heterocycles. The molecule has 0 heterocycles. The van der Waals surface area contributed by atoms with Gasteiger partial charge in [0, 0.05) is 5.02 Å². The molecule has 0 fully saturated rings. The average Bonchev–Trinajstić information content (AvgIpc) is 2.27. The molecule has 0 atom stereocenters. The Bertz CT molecular complexity index is 507. The van der Waals surface area contributed by atoms with E-state index < -0.39 is 0 Å². The van der Waals surface area contributed by atoms with Crippen LogP contribution in [0.1, 0.15) is 30.9 Å². The summed E-state index contributed by atoms with van der Waals surface area (Å²) < 4.78 is 0. The second kappa shape index (κ2) is 4.93. The molecule has 1 heteroatoms. The Kier molecular flexibility index (Phi) is 3.54. The highest BCUT2D eigenvalue weighted by Gasteiger charge is 2.08. The van der Waals surface area contributed by atoms with Crippen LogP contribution < -0.4 is 0 Å². The summed E-state index contributed by atoms with van der Waals surface area (Å²) in [4.78, 5) is 0. The highest BCUT2D eigenvalue weighted by molar-refractivity contribution is 6.31. The fourth-order valence-corrected chi connectivity index (χ4v) is 2.44. The quantitative estimate of drug-likeness (QED) is 0.660. The molecule has 0 unspecified atom stereocenters. The molecule has 0 saturated carbocycles. The number of halogens is 1. The van der Waals surface area contributed by atoms with Crippen molar-refractivity contribution >= 4 is 11.6 Å². The molecule has 0 amide bonds. The number of hydrogen-bond acceptors (Lipinski definition) is 0. The summed E-state index contributed by atoms with van der Waals surface area (Å²) >= 11 is 6.13. The van der Waals surface area contributed by atoms with Crippen molar-refractivity contribution in [2.75, 3.05) is 0 Å². The minimum Gasteiger partial charge on any atom is -0.0843 e. The first-order valence-electron chi connectivity index (χ1n) is 5.94. The van der Waals surface area contributed by atoms with E-state index in [0.717, 1.165) is 5.02 Å². The van der Waals surface area contributed by atoms with Crippen molar-refractivity contribution < 1.29 is 0 Å². The minimum absolute atomic E-state index is 0.519. The van der Waals surface area contributed by atoms with Crippen molar-refractivity contribution in [1.29, 1.82) is 0 Å². The lowest BCUT2D eigenvalue weighted by molar-refractivity contribution is 0.869. The van der Waals surface area contributed by atoms with Crippen molar-refractivity contribution in [3.05, 3.63) is 58.6 Å². The topological polar surface area (TPSA) is 0 Å². The zero-order valence-electron chi connectivity index (χ0n) is 10.5.